The van der Waals surface area contributed by atoms with Crippen LogP contribution in [0.1, 0.15) is 35.8 Å². The van der Waals surface area contributed by atoms with E-state index in [-0.39, 0.29) is 17.5 Å². The molecule has 0 spiro atoms. The van der Waals surface area contributed by atoms with E-state index in [4.69, 9.17) is 9.15 Å². The molecule has 1 atom stereocenters. The van der Waals surface area contributed by atoms with Gasteiger partial charge in [-0.1, -0.05) is 6.07 Å². The molecule has 1 aromatic heterocycles. The standard InChI is InChI=1S/C16H18N2O4/c1-21-16-6-5-11(9-14(16)18(19)20)10-17-13-3-2-4-15-12(13)7-8-22-15/h5-9,13,17H,2-4,10H2,1H3. The fourth-order valence-corrected chi connectivity index (χ4v) is 2.93. The summed E-state index contributed by atoms with van der Waals surface area (Å²) in [6, 6.07) is 7.29. The average molecular weight is 302 g/mol. The van der Waals surface area contributed by atoms with E-state index in [9.17, 15) is 10.1 Å². The minimum atomic E-state index is -0.420. The lowest BCUT2D eigenvalue weighted by atomic mass is 9.93. The van der Waals surface area contributed by atoms with E-state index in [2.05, 4.69) is 5.32 Å². The molecule has 6 nitrogen and oxygen atoms in total. The first-order chi connectivity index (χ1) is 10.7. The molecule has 0 bridgehead atoms. The number of nitrogens with zero attached hydrogens (tertiary/aromatic N) is 1. The second-order valence-corrected chi connectivity index (χ2v) is 5.39. The molecule has 3 rings (SSSR count). The number of fused-ring (bicyclic) bond motifs is 1. The summed E-state index contributed by atoms with van der Waals surface area (Å²) in [6.45, 7) is 0.570. The Morgan fingerprint density at radius 2 is 2.32 bits per heavy atom. The normalized spacial score (nSPS) is 17.0. The quantitative estimate of drug-likeness (QED) is 0.677. The van der Waals surface area contributed by atoms with Gasteiger partial charge in [0.05, 0.1) is 18.3 Å². The van der Waals surface area contributed by atoms with Crippen molar-refractivity contribution >= 4 is 5.69 Å². The van der Waals surface area contributed by atoms with Gasteiger partial charge in [-0.3, -0.25) is 10.1 Å². The molecule has 0 radical (unpaired) electrons. The number of ether oxygens (including phenoxy) is 1. The van der Waals surface area contributed by atoms with Gasteiger partial charge in [0.1, 0.15) is 5.76 Å². The van der Waals surface area contributed by atoms with Gasteiger partial charge in [0.25, 0.3) is 0 Å². The van der Waals surface area contributed by atoms with Crippen LogP contribution in [0.25, 0.3) is 0 Å². The summed E-state index contributed by atoms with van der Waals surface area (Å²) in [5, 5.41) is 14.5. The van der Waals surface area contributed by atoms with Crippen molar-refractivity contribution in [3.63, 3.8) is 0 Å². The first kappa shape index (κ1) is 14.6. The van der Waals surface area contributed by atoms with Crippen molar-refractivity contribution in [3.8, 4) is 5.75 Å². The highest BCUT2D eigenvalue weighted by atomic mass is 16.6. The Labute approximate surface area is 128 Å². The van der Waals surface area contributed by atoms with Crippen molar-refractivity contribution in [1.29, 1.82) is 0 Å². The van der Waals surface area contributed by atoms with E-state index >= 15 is 0 Å². The van der Waals surface area contributed by atoms with E-state index in [1.807, 2.05) is 12.1 Å². The molecule has 0 aliphatic heterocycles. The van der Waals surface area contributed by atoms with Crippen molar-refractivity contribution in [2.75, 3.05) is 7.11 Å². The Morgan fingerprint density at radius 1 is 1.45 bits per heavy atom. The summed E-state index contributed by atoms with van der Waals surface area (Å²) in [7, 11) is 1.43. The van der Waals surface area contributed by atoms with Crippen LogP contribution < -0.4 is 10.1 Å². The lowest BCUT2D eigenvalue weighted by molar-refractivity contribution is -0.385. The predicted molar refractivity (Wildman–Crippen MR) is 80.9 cm³/mol. The third-order valence-corrected chi connectivity index (χ3v) is 4.04. The number of rotatable bonds is 5. The van der Waals surface area contributed by atoms with Crippen molar-refractivity contribution in [1.82, 2.24) is 5.32 Å². The highest BCUT2D eigenvalue weighted by Crippen LogP contribution is 2.31. The molecule has 22 heavy (non-hydrogen) atoms. The Bertz CT molecular complexity index is 681. The lowest BCUT2D eigenvalue weighted by Crippen LogP contribution is -2.24. The molecule has 0 fully saturated rings. The summed E-state index contributed by atoms with van der Waals surface area (Å²) in [5.41, 5.74) is 2.06. The van der Waals surface area contributed by atoms with Crippen LogP contribution in [0.15, 0.2) is 34.9 Å². The minimum absolute atomic E-state index is 0.00514. The third-order valence-electron chi connectivity index (χ3n) is 4.04. The minimum Gasteiger partial charge on any atom is -0.490 e. The molecule has 116 valence electrons. The van der Waals surface area contributed by atoms with E-state index in [1.165, 1.54) is 12.7 Å². The molecule has 0 saturated heterocycles. The van der Waals surface area contributed by atoms with Crippen molar-refractivity contribution in [3.05, 3.63) is 57.5 Å². The smallest absolute Gasteiger partial charge is 0.311 e. The largest absolute Gasteiger partial charge is 0.490 e. The highest BCUT2D eigenvalue weighted by Gasteiger charge is 2.22. The van der Waals surface area contributed by atoms with Crippen molar-refractivity contribution < 1.29 is 14.1 Å². The van der Waals surface area contributed by atoms with E-state index < -0.39 is 4.92 Å². The molecule has 1 N–H and O–H groups in total. The Balaban J connectivity index is 1.73. The van der Waals surface area contributed by atoms with Gasteiger partial charge >= 0.3 is 5.69 Å². The predicted octanol–water partition coefficient (Wildman–Crippen LogP) is 3.36. The van der Waals surface area contributed by atoms with Gasteiger partial charge in [0.15, 0.2) is 5.75 Å². The molecule has 1 aliphatic carbocycles. The van der Waals surface area contributed by atoms with Gasteiger partial charge in [-0.2, -0.15) is 0 Å². The maximum atomic E-state index is 11.1. The van der Waals surface area contributed by atoms with Crippen LogP contribution in [0.5, 0.6) is 5.75 Å². The molecular formula is C16H18N2O4. The van der Waals surface area contributed by atoms with Crippen molar-refractivity contribution in [2.45, 2.75) is 31.8 Å². The number of hydrogen-bond acceptors (Lipinski definition) is 5. The van der Waals surface area contributed by atoms with Gasteiger partial charge in [-0.15, -0.1) is 0 Å². The maximum absolute atomic E-state index is 11.1. The molecule has 1 heterocycles. The Hall–Kier alpha value is -2.34. The van der Waals surface area contributed by atoms with Gasteiger partial charge in [0.2, 0.25) is 0 Å². The van der Waals surface area contributed by atoms with Gasteiger partial charge in [-0.05, 0) is 30.5 Å². The van der Waals surface area contributed by atoms with E-state index in [1.54, 1.807) is 18.4 Å². The fourth-order valence-electron chi connectivity index (χ4n) is 2.93. The molecule has 6 heteroatoms. The second-order valence-electron chi connectivity index (χ2n) is 5.39. The van der Waals surface area contributed by atoms with Crippen LogP contribution >= 0.6 is 0 Å². The van der Waals surface area contributed by atoms with Crippen LogP contribution in [0.4, 0.5) is 5.69 Å². The zero-order valence-electron chi connectivity index (χ0n) is 12.4. The second kappa shape index (κ2) is 6.19. The zero-order valence-corrected chi connectivity index (χ0v) is 12.4. The summed E-state index contributed by atoms with van der Waals surface area (Å²) in [5.74, 6) is 1.33. The van der Waals surface area contributed by atoms with Crippen LogP contribution in [0, 0.1) is 10.1 Å². The number of benzene rings is 1. The molecule has 2 aromatic rings. The average Bonchev–Trinajstić information content (AvgIpc) is 3.01. The summed E-state index contributed by atoms with van der Waals surface area (Å²) in [4.78, 5) is 10.6. The third kappa shape index (κ3) is 2.82. The van der Waals surface area contributed by atoms with Crippen LogP contribution in [-0.4, -0.2) is 12.0 Å². The first-order valence-electron chi connectivity index (χ1n) is 7.30. The van der Waals surface area contributed by atoms with Gasteiger partial charge in [0, 0.05) is 30.6 Å². The number of nitro benzene ring substituents is 1. The molecule has 1 unspecified atom stereocenters. The summed E-state index contributed by atoms with van der Waals surface area (Å²) < 4.78 is 10.5. The number of methoxy groups -OCH3 is 1. The summed E-state index contributed by atoms with van der Waals surface area (Å²) in [6.07, 6.45) is 4.84. The van der Waals surface area contributed by atoms with Crippen LogP contribution in [-0.2, 0) is 13.0 Å². The van der Waals surface area contributed by atoms with Crippen LogP contribution in [0.3, 0.4) is 0 Å². The Kier molecular flexibility index (Phi) is 4.11. The fraction of sp³-hybridized carbons (Fsp3) is 0.375. The van der Waals surface area contributed by atoms with E-state index in [0.29, 0.717) is 6.54 Å². The molecule has 0 saturated carbocycles. The molecule has 1 aliphatic rings. The number of nitrogens with one attached hydrogen (secondary N) is 1. The lowest BCUT2D eigenvalue weighted by Gasteiger charge is -2.22. The Morgan fingerprint density at radius 3 is 3.09 bits per heavy atom. The SMILES string of the molecule is COc1ccc(CNC2CCCc3occc32)cc1[N+](=O)[O-]. The number of furan rings is 1. The zero-order chi connectivity index (χ0) is 15.5. The summed E-state index contributed by atoms with van der Waals surface area (Å²) >= 11 is 0. The highest BCUT2D eigenvalue weighted by molar-refractivity contribution is 5.48. The van der Waals surface area contributed by atoms with E-state index in [0.717, 1.165) is 30.6 Å². The first-order valence-corrected chi connectivity index (χ1v) is 7.30. The maximum Gasteiger partial charge on any atom is 0.311 e. The van der Waals surface area contributed by atoms with Gasteiger partial charge < -0.3 is 14.5 Å². The number of hydrogen-bond donors (Lipinski definition) is 1. The molecule has 0 amide bonds. The van der Waals surface area contributed by atoms with Gasteiger partial charge in [-0.25, -0.2) is 0 Å². The molecule has 1 aromatic carbocycles. The monoisotopic (exact) mass is 302 g/mol. The molecular weight excluding hydrogens is 284 g/mol. The van der Waals surface area contributed by atoms with Crippen LogP contribution in [0.2, 0.25) is 0 Å². The van der Waals surface area contributed by atoms with Crippen molar-refractivity contribution in [2.24, 2.45) is 0 Å². The number of aryl methyl sites for hydroxylation is 1. The topological polar surface area (TPSA) is 77.5 Å². The number of nitro groups is 1.